The molecule has 0 fully saturated rings. The third-order valence-electron chi connectivity index (χ3n) is 3.27. The van der Waals surface area contributed by atoms with Crippen LogP contribution in [0.2, 0.25) is 0 Å². The molecule has 0 aliphatic rings. The number of ether oxygens (including phenoxy) is 1. The Bertz CT molecular complexity index is 832. The highest BCUT2D eigenvalue weighted by atomic mass is 79.9. The quantitative estimate of drug-likeness (QED) is 0.666. The summed E-state index contributed by atoms with van der Waals surface area (Å²) < 4.78 is 25.0. The number of hydrogen-bond donors (Lipinski definition) is 1. The maximum atomic E-state index is 13.7. The highest BCUT2D eigenvalue weighted by Gasteiger charge is 2.09. The molecule has 0 spiro atoms. The minimum absolute atomic E-state index is 0.122. The summed E-state index contributed by atoms with van der Waals surface area (Å²) in [5.41, 5.74) is 1.08. The van der Waals surface area contributed by atoms with Crippen LogP contribution in [0.3, 0.4) is 0 Å². The van der Waals surface area contributed by atoms with E-state index in [1.807, 2.05) is 0 Å². The van der Waals surface area contributed by atoms with Crippen LogP contribution in [0.5, 0.6) is 5.75 Å². The van der Waals surface area contributed by atoms with E-state index >= 15 is 0 Å². The SMILES string of the molecule is O=C(Nc1ccc(OCc2ccc(Br)cc2F)cc1)c1ccco1. The number of anilines is 1. The summed E-state index contributed by atoms with van der Waals surface area (Å²) in [6, 6.07) is 14.9. The predicted molar refractivity (Wildman–Crippen MR) is 91.5 cm³/mol. The summed E-state index contributed by atoms with van der Waals surface area (Å²) in [4.78, 5) is 11.9. The van der Waals surface area contributed by atoms with Crippen LogP contribution in [-0.2, 0) is 6.61 Å². The number of halogens is 2. The first-order chi connectivity index (χ1) is 11.6. The third-order valence-corrected chi connectivity index (χ3v) is 3.76. The van der Waals surface area contributed by atoms with Gasteiger partial charge in [-0.3, -0.25) is 4.79 Å². The van der Waals surface area contributed by atoms with E-state index in [-0.39, 0.29) is 24.1 Å². The van der Waals surface area contributed by atoms with E-state index in [4.69, 9.17) is 9.15 Å². The van der Waals surface area contributed by atoms with Crippen LogP contribution in [0, 0.1) is 5.82 Å². The van der Waals surface area contributed by atoms with E-state index < -0.39 is 0 Å². The van der Waals surface area contributed by atoms with Gasteiger partial charge < -0.3 is 14.5 Å². The third kappa shape index (κ3) is 4.02. The van der Waals surface area contributed by atoms with Gasteiger partial charge in [0.05, 0.1) is 6.26 Å². The number of carbonyl (C=O) groups excluding carboxylic acids is 1. The van der Waals surface area contributed by atoms with Gasteiger partial charge in [0, 0.05) is 15.7 Å². The second-order valence-corrected chi connectivity index (χ2v) is 5.90. The Labute approximate surface area is 146 Å². The average molecular weight is 390 g/mol. The molecule has 1 aromatic heterocycles. The monoisotopic (exact) mass is 389 g/mol. The van der Waals surface area contributed by atoms with Crippen LogP contribution in [-0.4, -0.2) is 5.91 Å². The van der Waals surface area contributed by atoms with Gasteiger partial charge in [-0.15, -0.1) is 0 Å². The first kappa shape index (κ1) is 16.3. The summed E-state index contributed by atoms with van der Waals surface area (Å²) >= 11 is 3.21. The van der Waals surface area contributed by atoms with Gasteiger partial charge in [0.15, 0.2) is 5.76 Å². The molecule has 1 N–H and O–H groups in total. The van der Waals surface area contributed by atoms with Gasteiger partial charge in [-0.05, 0) is 48.5 Å². The molecule has 3 rings (SSSR count). The molecule has 2 aromatic carbocycles. The van der Waals surface area contributed by atoms with E-state index in [2.05, 4.69) is 21.2 Å². The standard InChI is InChI=1S/C18H13BrFNO3/c19-13-4-3-12(16(20)10-13)11-24-15-7-5-14(6-8-15)21-18(22)17-2-1-9-23-17/h1-10H,11H2,(H,21,22). The van der Waals surface area contributed by atoms with Gasteiger partial charge in [0.2, 0.25) is 0 Å². The molecule has 24 heavy (non-hydrogen) atoms. The lowest BCUT2D eigenvalue weighted by Crippen LogP contribution is -2.10. The highest BCUT2D eigenvalue weighted by Crippen LogP contribution is 2.20. The first-order valence-corrected chi connectivity index (χ1v) is 7.93. The van der Waals surface area contributed by atoms with Crippen molar-refractivity contribution >= 4 is 27.5 Å². The zero-order valence-corrected chi connectivity index (χ0v) is 14.0. The molecule has 0 aliphatic heterocycles. The first-order valence-electron chi connectivity index (χ1n) is 7.13. The van der Waals surface area contributed by atoms with Crippen molar-refractivity contribution in [2.75, 3.05) is 5.32 Å². The Morgan fingerprint density at radius 1 is 1.17 bits per heavy atom. The molecule has 6 heteroatoms. The molecule has 1 heterocycles. The fraction of sp³-hybridized carbons (Fsp3) is 0.0556. The van der Waals surface area contributed by atoms with Crippen LogP contribution in [0.1, 0.15) is 16.1 Å². The number of benzene rings is 2. The lowest BCUT2D eigenvalue weighted by Gasteiger charge is -2.09. The lowest BCUT2D eigenvalue weighted by atomic mass is 10.2. The fourth-order valence-corrected chi connectivity index (χ4v) is 2.37. The molecule has 0 atom stereocenters. The molecular weight excluding hydrogens is 377 g/mol. The van der Waals surface area contributed by atoms with Gasteiger partial charge in [-0.25, -0.2) is 4.39 Å². The van der Waals surface area contributed by atoms with Crippen LogP contribution < -0.4 is 10.1 Å². The van der Waals surface area contributed by atoms with Gasteiger partial charge in [-0.2, -0.15) is 0 Å². The zero-order chi connectivity index (χ0) is 16.9. The molecule has 4 nitrogen and oxygen atoms in total. The van der Waals surface area contributed by atoms with E-state index in [0.29, 0.717) is 21.5 Å². The maximum absolute atomic E-state index is 13.7. The summed E-state index contributed by atoms with van der Waals surface area (Å²) in [7, 11) is 0. The number of hydrogen-bond acceptors (Lipinski definition) is 3. The molecule has 0 saturated carbocycles. The van der Waals surface area contributed by atoms with Crippen molar-refractivity contribution in [2.24, 2.45) is 0 Å². The smallest absolute Gasteiger partial charge is 0.291 e. The van der Waals surface area contributed by atoms with Crippen LogP contribution in [0.25, 0.3) is 0 Å². The second kappa shape index (κ2) is 7.31. The number of amides is 1. The Kier molecular flexibility index (Phi) is 4.96. The average Bonchev–Trinajstić information content (AvgIpc) is 3.10. The summed E-state index contributed by atoms with van der Waals surface area (Å²) in [5, 5.41) is 2.71. The number of furan rings is 1. The van der Waals surface area contributed by atoms with Crippen molar-refractivity contribution in [3.05, 3.63) is 82.5 Å². The van der Waals surface area contributed by atoms with E-state index in [1.54, 1.807) is 48.5 Å². The molecule has 1 amide bonds. The van der Waals surface area contributed by atoms with Crippen molar-refractivity contribution in [1.82, 2.24) is 0 Å². The van der Waals surface area contributed by atoms with Crippen LogP contribution in [0.15, 0.2) is 69.8 Å². The Morgan fingerprint density at radius 2 is 1.96 bits per heavy atom. The molecule has 3 aromatic rings. The van der Waals surface area contributed by atoms with E-state index in [1.165, 1.54) is 12.3 Å². The summed E-state index contributed by atoms with van der Waals surface area (Å²) in [5.74, 6) is 0.159. The minimum atomic E-state index is -0.328. The van der Waals surface area contributed by atoms with Crippen molar-refractivity contribution in [1.29, 1.82) is 0 Å². The van der Waals surface area contributed by atoms with Gasteiger partial charge >= 0.3 is 0 Å². The Morgan fingerprint density at radius 3 is 2.62 bits per heavy atom. The Hall–Kier alpha value is -2.60. The van der Waals surface area contributed by atoms with Crippen molar-refractivity contribution < 1.29 is 18.3 Å². The van der Waals surface area contributed by atoms with E-state index in [0.717, 1.165) is 0 Å². The molecule has 0 bridgehead atoms. The van der Waals surface area contributed by atoms with Gasteiger partial charge in [0.1, 0.15) is 18.2 Å². The fourth-order valence-electron chi connectivity index (χ4n) is 2.03. The highest BCUT2D eigenvalue weighted by molar-refractivity contribution is 9.10. The maximum Gasteiger partial charge on any atom is 0.291 e. The molecule has 0 radical (unpaired) electrons. The van der Waals surface area contributed by atoms with Crippen LogP contribution >= 0.6 is 15.9 Å². The van der Waals surface area contributed by atoms with Gasteiger partial charge in [0.25, 0.3) is 5.91 Å². The summed E-state index contributed by atoms with van der Waals surface area (Å²) in [6.07, 6.45) is 1.44. The minimum Gasteiger partial charge on any atom is -0.489 e. The lowest BCUT2D eigenvalue weighted by molar-refractivity contribution is 0.0996. The number of nitrogens with one attached hydrogen (secondary N) is 1. The predicted octanol–water partition coefficient (Wildman–Crippen LogP) is 5.01. The zero-order valence-electron chi connectivity index (χ0n) is 12.5. The molecule has 0 aliphatic carbocycles. The molecule has 0 saturated heterocycles. The summed E-state index contributed by atoms with van der Waals surface area (Å²) in [6.45, 7) is 0.122. The Balaban J connectivity index is 1.59. The normalized spacial score (nSPS) is 10.4. The van der Waals surface area contributed by atoms with Crippen LogP contribution in [0.4, 0.5) is 10.1 Å². The largest absolute Gasteiger partial charge is 0.489 e. The van der Waals surface area contributed by atoms with Crippen molar-refractivity contribution in [2.45, 2.75) is 6.61 Å². The van der Waals surface area contributed by atoms with E-state index in [9.17, 15) is 9.18 Å². The van der Waals surface area contributed by atoms with Crippen molar-refractivity contribution in [3.63, 3.8) is 0 Å². The topological polar surface area (TPSA) is 51.5 Å². The molecule has 0 unspecified atom stereocenters. The number of carbonyl (C=O) groups is 1. The van der Waals surface area contributed by atoms with Crippen molar-refractivity contribution in [3.8, 4) is 5.75 Å². The molecule has 122 valence electrons. The second-order valence-electron chi connectivity index (χ2n) is 4.98. The van der Waals surface area contributed by atoms with Gasteiger partial charge in [-0.1, -0.05) is 22.0 Å². The number of rotatable bonds is 5. The molecular formula is C18H13BrFNO3.